The summed E-state index contributed by atoms with van der Waals surface area (Å²) in [6, 6.07) is 1.52. The Labute approximate surface area is 74.0 Å². The van der Waals surface area contributed by atoms with Gasteiger partial charge in [-0.1, -0.05) is 58.7 Å². The summed E-state index contributed by atoms with van der Waals surface area (Å²) in [6.07, 6.45) is 0. The minimum Gasteiger partial charge on any atom is -0.0654 e. The summed E-state index contributed by atoms with van der Waals surface area (Å²) >= 11 is 0. The van der Waals surface area contributed by atoms with E-state index in [1.807, 2.05) is 0 Å². The third-order valence-corrected chi connectivity index (χ3v) is 7.37. The molecule has 0 N–H and O–H groups in total. The molecule has 0 fully saturated rings. The lowest BCUT2D eigenvalue weighted by Crippen LogP contribution is -2.22. The molecule has 0 saturated heterocycles. The van der Waals surface area contributed by atoms with Crippen LogP contribution in [0, 0.1) is 5.92 Å². The smallest absolute Gasteiger partial charge is 0.0421 e. The molecule has 0 saturated carbocycles. The third kappa shape index (κ3) is 4.62. The van der Waals surface area contributed by atoms with Crippen molar-refractivity contribution in [2.24, 2.45) is 5.92 Å². The second kappa shape index (κ2) is 4.97. The summed E-state index contributed by atoms with van der Waals surface area (Å²) < 4.78 is 0. The second-order valence-corrected chi connectivity index (χ2v) is 9.25. The van der Waals surface area contributed by atoms with Crippen LogP contribution in [0.2, 0.25) is 17.1 Å². The highest BCUT2D eigenvalue weighted by Gasteiger charge is 2.19. The van der Waals surface area contributed by atoms with Crippen LogP contribution >= 0.6 is 0 Å². The average Bonchev–Trinajstić information content (AvgIpc) is 1.81. The molecule has 0 rings (SSSR count). The standard InChI is InChI=1S/C10H24Si/c1-8(2)7-11(9(3)4)10(5)6/h8-11H,7H2,1-6H3. The predicted molar refractivity (Wildman–Crippen MR) is 57.0 cm³/mol. The third-order valence-electron chi connectivity index (χ3n) is 2.46. The normalized spacial score (nSPS) is 12.5. The molecule has 0 spiro atoms. The van der Waals surface area contributed by atoms with Crippen molar-refractivity contribution in [2.75, 3.05) is 0 Å². The first-order chi connectivity index (χ1) is 4.95. The van der Waals surface area contributed by atoms with Crippen LogP contribution in [0.15, 0.2) is 0 Å². The second-order valence-electron chi connectivity index (χ2n) is 4.78. The molecule has 0 nitrogen and oxygen atoms in total. The molecular formula is C10H24Si. The molecule has 0 aromatic heterocycles. The monoisotopic (exact) mass is 172 g/mol. The van der Waals surface area contributed by atoms with Gasteiger partial charge < -0.3 is 0 Å². The van der Waals surface area contributed by atoms with Gasteiger partial charge >= 0.3 is 0 Å². The topological polar surface area (TPSA) is 0 Å². The average molecular weight is 172 g/mol. The van der Waals surface area contributed by atoms with Gasteiger partial charge in [0, 0.05) is 8.80 Å². The fraction of sp³-hybridized carbons (Fsp3) is 1.00. The van der Waals surface area contributed by atoms with Gasteiger partial charge in [-0.05, 0) is 5.92 Å². The Hall–Kier alpha value is 0.217. The van der Waals surface area contributed by atoms with Gasteiger partial charge in [0.25, 0.3) is 0 Å². The summed E-state index contributed by atoms with van der Waals surface area (Å²) in [4.78, 5) is 0. The van der Waals surface area contributed by atoms with Gasteiger partial charge in [0.2, 0.25) is 0 Å². The zero-order valence-corrected chi connectivity index (χ0v) is 10.2. The Morgan fingerprint density at radius 2 is 1.18 bits per heavy atom. The zero-order chi connectivity index (χ0) is 9.02. The van der Waals surface area contributed by atoms with Crippen molar-refractivity contribution in [3.63, 3.8) is 0 Å². The van der Waals surface area contributed by atoms with E-state index in [1.165, 1.54) is 6.04 Å². The summed E-state index contributed by atoms with van der Waals surface area (Å²) in [5.74, 6) is 0.913. The molecule has 0 unspecified atom stereocenters. The van der Waals surface area contributed by atoms with Crippen molar-refractivity contribution in [2.45, 2.75) is 58.7 Å². The lowest BCUT2D eigenvalue weighted by atomic mass is 10.3. The van der Waals surface area contributed by atoms with Gasteiger partial charge in [0.1, 0.15) is 0 Å². The van der Waals surface area contributed by atoms with Crippen LogP contribution in [-0.2, 0) is 0 Å². The molecule has 0 aromatic carbocycles. The van der Waals surface area contributed by atoms with Gasteiger partial charge in [-0.15, -0.1) is 0 Å². The van der Waals surface area contributed by atoms with Crippen molar-refractivity contribution in [3.05, 3.63) is 0 Å². The molecular weight excluding hydrogens is 148 g/mol. The Bertz CT molecular complexity index is 87.0. The van der Waals surface area contributed by atoms with Crippen molar-refractivity contribution >= 4 is 8.80 Å². The SMILES string of the molecule is CC(C)C[SiH](C(C)C)C(C)C. The van der Waals surface area contributed by atoms with E-state index in [-0.39, 0.29) is 0 Å². The van der Waals surface area contributed by atoms with Crippen LogP contribution in [0.3, 0.4) is 0 Å². The van der Waals surface area contributed by atoms with E-state index < -0.39 is 8.80 Å². The van der Waals surface area contributed by atoms with Crippen LogP contribution in [0.25, 0.3) is 0 Å². The first-order valence-corrected chi connectivity index (χ1v) is 7.10. The molecule has 0 aliphatic carbocycles. The highest BCUT2D eigenvalue weighted by molar-refractivity contribution is 6.61. The molecule has 0 aliphatic heterocycles. The highest BCUT2D eigenvalue weighted by Crippen LogP contribution is 2.26. The van der Waals surface area contributed by atoms with Crippen LogP contribution in [0.1, 0.15) is 41.5 Å². The van der Waals surface area contributed by atoms with Gasteiger partial charge in [-0.25, -0.2) is 0 Å². The minimum absolute atomic E-state index is 0.438. The van der Waals surface area contributed by atoms with Gasteiger partial charge in [0.05, 0.1) is 0 Å². The van der Waals surface area contributed by atoms with E-state index in [0.717, 1.165) is 17.0 Å². The Morgan fingerprint density at radius 1 is 0.818 bits per heavy atom. The number of hydrogen-bond acceptors (Lipinski definition) is 0. The number of hydrogen-bond donors (Lipinski definition) is 0. The lowest BCUT2D eigenvalue weighted by Gasteiger charge is -2.24. The quantitative estimate of drug-likeness (QED) is 0.567. The van der Waals surface area contributed by atoms with Crippen LogP contribution in [-0.4, -0.2) is 8.80 Å². The van der Waals surface area contributed by atoms with E-state index in [0.29, 0.717) is 0 Å². The molecule has 0 amide bonds. The summed E-state index contributed by atoms with van der Waals surface area (Å²) in [6.45, 7) is 14.3. The van der Waals surface area contributed by atoms with Gasteiger partial charge in [-0.3, -0.25) is 0 Å². The molecule has 68 valence electrons. The molecule has 0 heterocycles. The fourth-order valence-electron chi connectivity index (χ4n) is 1.86. The number of rotatable bonds is 4. The van der Waals surface area contributed by atoms with E-state index in [4.69, 9.17) is 0 Å². The summed E-state index contributed by atoms with van der Waals surface area (Å²) in [5.41, 5.74) is 1.97. The maximum absolute atomic E-state index is 2.40. The lowest BCUT2D eigenvalue weighted by molar-refractivity contribution is 0.706. The first kappa shape index (κ1) is 11.2. The fourth-order valence-corrected chi connectivity index (χ4v) is 5.58. The van der Waals surface area contributed by atoms with Crippen LogP contribution < -0.4 is 0 Å². The molecule has 0 atom stereocenters. The molecule has 11 heavy (non-hydrogen) atoms. The van der Waals surface area contributed by atoms with Crippen molar-refractivity contribution in [1.82, 2.24) is 0 Å². The maximum atomic E-state index is 2.40. The molecule has 1 heteroatoms. The van der Waals surface area contributed by atoms with Crippen molar-refractivity contribution in [1.29, 1.82) is 0 Å². The Kier molecular flexibility index (Phi) is 5.07. The molecule has 0 radical (unpaired) electrons. The minimum atomic E-state index is -0.438. The largest absolute Gasteiger partial charge is 0.0654 e. The zero-order valence-electron chi connectivity index (χ0n) is 9.02. The Balaban J connectivity index is 3.90. The molecule has 0 bridgehead atoms. The van der Waals surface area contributed by atoms with Crippen LogP contribution in [0.5, 0.6) is 0 Å². The van der Waals surface area contributed by atoms with E-state index >= 15 is 0 Å². The maximum Gasteiger partial charge on any atom is 0.0421 e. The molecule has 0 aromatic rings. The summed E-state index contributed by atoms with van der Waals surface area (Å²) in [7, 11) is -0.438. The van der Waals surface area contributed by atoms with E-state index in [1.54, 1.807) is 0 Å². The van der Waals surface area contributed by atoms with E-state index in [2.05, 4.69) is 41.5 Å². The van der Waals surface area contributed by atoms with Crippen molar-refractivity contribution in [3.8, 4) is 0 Å². The highest BCUT2D eigenvalue weighted by atomic mass is 28.3. The van der Waals surface area contributed by atoms with E-state index in [9.17, 15) is 0 Å². The first-order valence-electron chi connectivity index (χ1n) is 4.95. The van der Waals surface area contributed by atoms with Crippen molar-refractivity contribution < 1.29 is 0 Å². The van der Waals surface area contributed by atoms with Crippen LogP contribution in [0.4, 0.5) is 0 Å². The summed E-state index contributed by atoms with van der Waals surface area (Å²) in [5, 5.41) is 0. The van der Waals surface area contributed by atoms with Gasteiger partial charge in [-0.2, -0.15) is 0 Å². The van der Waals surface area contributed by atoms with Gasteiger partial charge in [0.15, 0.2) is 0 Å². The molecule has 0 aliphatic rings. The Morgan fingerprint density at radius 3 is 1.27 bits per heavy atom. The predicted octanol–water partition coefficient (Wildman–Crippen LogP) is 3.69.